The van der Waals surface area contributed by atoms with Crippen molar-refractivity contribution in [2.24, 2.45) is 5.92 Å². The molecule has 1 aliphatic rings. The van der Waals surface area contributed by atoms with Gasteiger partial charge in [-0.25, -0.2) is 4.39 Å². The third-order valence-electron chi connectivity index (χ3n) is 4.34. The van der Waals surface area contributed by atoms with E-state index in [0.717, 1.165) is 29.7 Å². The van der Waals surface area contributed by atoms with Gasteiger partial charge in [-0.3, -0.25) is 9.59 Å². The van der Waals surface area contributed by atoms with Gasteiger partial charge in [-0.2, -0.15) is 0 Å². The fourth-order valence-corrected chi connectivity index (χ4v) is 2.90. The number of amides is 1. The summed E-state index contributed by atoms with van der Waals surface area (Å²) in [5.74, 6) is -1.95. The minimum Gasteiger partial charge on any atom is -0.481 e. The van der Waals surface area contributed by atoms with Crippen molar-refractivity contribution in [3.8, 4) is 0 Å². The summed E-state index contributed by atoms with van der Waals surface area (Å²) < 4.78 is 12.9. The Morgan fingerprint density at radius 2 is 1.58 bits per heavy atom. The fraction of sp³-hybridized carbons (Fsp3) is 0.263. The topological polar surface area (TPSA) is 57.6 Å². The molecule has 1 fully saturated rings. The summed E-state index contributed by atoms with van der Waals surface area (Å²) in [5, 5.41) is 9.03. The van der Waals surface area contributed by atoms with Crippen molar-refractivity contribution in [1.29, 1.82) is 0 Å². The summed E-state index contributed by atoms with van der Waals surface area (Å²) in [6.07, 6.45) is 1.68. The number of hydrogen-bond acceptors (Lipinski definition) is 2. The molecule has 1 saturated heterocycles. The molecule has 24 heavy (non-hydrogen) atoms. The van der Waals surface area contributed by atoms with E-state index >= 15 is 0 Å². The van der Waals surface area contributed by atoms with E-state index < -0.39 is 11.9 Å². The van der Waals surface area contributed by atoms with Gasteiger partial charge in [0.25, 0.3) is 0 Å². The predicted molar refractivity (Wildman–Crippen MR) is 88.3 cm³/mol. The molecule has 1 N–H and O–H groups in total. The van der Waals surface area contributed by atoms with Gasteiger partial charge in [0.15, 0.2) is 0 Å². The van der Waals surface area contributed by atoms with Crippen molar-refractivity contribution in [2.75, 3.05) is 11.4 Å². The van der Waals surface area contributed by atoms with Crippen LogP contribution >= 0.6 is 0 Å². The van der Waals surface area contributed by atoms with Crippen LogP contribution in [0.15, 0.2) is 48.5 Å². The number of carbonyl (C=O) groups excluding carboxylic acids is 1. The number of carboxylic acids is 1. The van der Waals surface area contributed by atoms with Gasteiger partial charge in [-0.05, 0) is 48.2 Å². The molecule has 1 atom stereocenters. The summed E-state index contributed by atoms with van der Waals surface area (Å²) in [6, 6.07) is 14.1. The standard InChI is InChI=1S/C19H18FNO3/c20-16-7-3-13(4-8-16)1-2-14-5-9-17(10-6-14)21-12-15(19(23)24)11-18(21)22/h3-10,15H,1-2,11-12H2,(H,23,24)/t15-/m0/s1. The molecular weight excluding hydrogens is 309 g/mol. The summed E-state index contributed by atoms with van der Waals surface area (Å²) in [4.78, 5) is 24.5. The Bertz CT molecular complexity index is 740. The van der Waals surface area contributed by atoms with E-state index in [2.05, 4.69) is 0 Å². The van der Waals surface area contributed by atoms with Crippen molar-refractivity contribution in [3.05, 3.63) is 65.5 Å². The van der Waals surface area contributed by atoms with Crippen LogP contribution in [-0.2, 0) is 22.4 Å². The molecule has 3 rings (SSSR count). The average Bonchev–Trinajstić information content (AvgIpc) is 2.97. The van der Waals surface area contributed by atoms with E-state index in [0.29, 0.717) is 0 Å². The molecule has 0 radical (unpaired) electrons. The number of benzene rings is 2. The van der Waals surface area contributed by atoms with Gasteiger partial charge in [0, 0.05) is 18.7 Å². The molecule has 0 aliphatic carbocycles. The zero-order valence-corrected chi connectivity index (χ0v) is 13.1. The van der Waals surface area contributed by atoms with Crippen LogP contribution in [0, 0.1) is 11.7 Å². The second kappa shape index (κ2) is 6.83. The number of carbonyl (C=O) groups is 2. The number of aryl methyl sites for hydroxylation is 2. The van der Waals surface area contributed by atoms with E-state index in [1.54, 1.807) is 12.1 Å². The smallest absolute Gasteiger partial charge is 0.308 e. The Morgan fingerprint density at radius 1 is 1.04 bits per heavy atom. The molecular formula is C19H18FNO3. The first-order valence-corrected chi connectivity index (χ1v) is 7.89. The highest BCUT2D eigenvalue weighted by Gasteiger charge is 2.34. The number of nitrogens with zero attached hydrogens (tertiary/aromatic N) is 1. The maximum atomic E-state index is 12.9. The molecule has 124 valence electrons. The van der Waals surface area contributed by atoms with Crippen molar-refractivity contribution in [3.63, 3.8) is 0 Å². The third-order valence-corrected chi connectivity index (χ3v) is 4.34. The van der Waals surface area contributed by atoms with Gasteiger partial charge in [-0.1, -0.05) is 24.3 Å². The van der Waals surface area contributed by atoms with Crippen molar-refractivity contribution in [2.45, 2.75) is 19.3 Å². The highest BCUT2D eigenvalue weighted by molar-refractivity contribution is 5.99. The van der Waals surface area contributed by atoms with E-state index in [1.165, 1.54) is 17.0 Å². The van der Waals surface area contributed by atoms with Crippen LogP contribution in [0.4, 0.5) is 10.1 Å². The zero-order chi connectivity index (χ0) is 17.1. The van der Waals surface area contributed by atoms with Crippen LogP contribution in [0.25, 0.3) is 0 Å². The molecule has 0 unspecified atom stereocenters. The second-order valence-electron chi connectivity index (χ2n) is 6.04. The first kappa shape index (κ1) is 16.2. The lowest BCUT2D eigenvalue weighted by Crippen LogP contribution is -2.25. The summed E-state index contributed by atoms with van der Waals surface area (Å²) in [6.45, 7) is 0.225. The Hall–Kier alpha value is -2.69. The van der Waals surface area contributed by atoms with E-state index in [4.69, 9.17) is 5.11 Å². The van der Waals surface area contributed by atoms with Gasteiger partial charge < -0.3 is 10.0 Å². The number of rotatable bonds is 5. The zero-order valence-electron chi connectivity index (χ0n) is 13.1. The average molecular weight is 327 g/mol. The Kier molecular flexibility index (Phi) is 4.60. The first-order chi connectivity index (χ1) is 11.5. The molecule has 2 aromatic rings. The van der Waals surface area contributed by atoms with Crippen LogP contribution in [0.1, 0.15) is 17.5 Å². The Morgan fingerprint density at radius 3 is 2.08 bits per heavy atom. The van der Waals surface area contributed by atoms with Crippen LogP contribution in [0.5, 0.6) is 0 Å². The highest BCUT2D eigenvalue weighted by atomic mass is 19.1. The van der Waals surface area contributed by atoms with Crippen LogP contribution in [0.3, 0.4) is 0 Å². The monoisotopic (exact) mass is 327 g/mol. The van der Waals surface area contributed by atoms with Crippen LogP contribution < -0.4 is 4.90 Å². The maximum absolute atomic E-state index is 12.9. The van der Waals surface area contributed by atoms with E-state index in [-0.39, 0.29) is 24.7 Å². The minimum atomic E-state index is -0.929. The Labute approximate surface area is 139 Å². The molecule has 0 bridgehead atoms. The van der Waals surface area contributed by atoms with Crippen LogP contribution in [0.2, 0.25) is 0 Å². The molecule has 1 aliphatic heterocycles. The third kappa shape index (κ3) is 3.62. The van der Waals surface area contributed by atoms with Gasteiger partial charge in [0.2, 0.25) is 5.91 Å². The highest BCUT2D eigenvalue weighted by Crippen LogP contribution is 2.25. The number of carboxylic acid groups (broad SMARTS) is 1. The van der Waals surface area contributed by atoms with Gasteiger partial charge in [0.1, 0.15) is 5.82 Å². The minimum absolute atomic E-state index is 0.0572. The summed E-state index contributed by atoms with van der Waals surface area (Å²) >= 11 is 0. The quantitative estimate of drug-likeness (QED) is 0.918. The summed E-state index contributed by atoms with van der Waals surface area (Å²) in [5.41, 5.74) is 2.92. The van der Waals surface area contributed by atoms with Crippen molar-refractivity contribution < 1.29 is 19.1 Å². The van der Waals surface area contributed by atoms with Gasteiger partial charge >= 0.3 is 5.97 Å². The van der Waals surface area contributed by atoms with Crippen molar-refractivity contribution in [1.82, 2.24) is 0 Å². The van der Waals surface area contributed by atoms with Gasteiger partial charge in [0.05, 0.1) is 5.92 Å². The summed E-state index contributed by atoms with van der Waals surface area (Å²) in [7, 11) is 0. The lowest BCUT2D eigenvalue weighted by atomic mass is 10.0. The number of anilines is 1. The van der Waals surface area contributed by atoms with Crippen LogP contribution in [-0.4, -0.2) is 23.5 Å². The number of aliphatic carboxylic acids is 1. The normalized spacial score (nSPS) is 17.3. The van der Waals surface area contributed by atoms with E-state index in [1.807, 2.05) is 24.3 Å². The number of halogens is 1. The molecule has 1 amide bonds. The maximum Gasteiger partial charge on any atom is 0.308 e. The van der Waals surface area contributed by atoms with E-state index in [9.17, 15) is 14.0 Å². The van der Waals surface area contributed by atoms with Gasteiger partial charge in [-0.15, -0.1) is 0 Å². The second-order valence-corrected chi connectivity index (χ2v) is 6.04. The lowest BCUT2D eigenvalue weighted by molar-refractivity contribution is -0.141. The largest absolute Gasteiger partial charge is 0.481 e. The molecule has 1 heterocycles. The molecule has 0 aromatic heterocycles. The molecule has 0 saturated carbocycles. The van der Waals surface area contributed by atoms with Crippen molar-refractivity contribution >= 4 is 17.6 Å². The lowest BCUT2D eigenvalue weighted by Gasteiger charge is -2.16. The molecule has 5 heteroatoms. The molecule has 0 spiro atoms. The molecule has 2 aromatic carbocycles. The predicted octanol–water partition coefficient (Wildman–Crippen LogP) is 3.05. The fourth-order valence-electron chi connectivity index (χ4n) is 2.90. The number of hydrogen-bond donors (Lipinski definition) is 1. The SMILES string of the molecule is O=C(O)[C@H]1CC(=O)N(c2ccc(CCc3ccc(F)cc3)cc2)C1. The Balaban J connectivity index is 1.62. The molecule has 4 nitrogen and oxygen atoms in total. The first-order valence-electron chi connectivity index (χ1n) is 7.89.